The molecule has 0 unspecified atom stereocenters. The molecular formula is C11H14O2S2. The fourth-order valence-corrected chi connectivity index (χ4v) is 2.59. The van der Waals surface area contributed by atoms with Gasteiger partial charge in [0.05, 0.1) is 22.1 Å². The normalized spacial score (nSPS) is 13.7. The smallest absolute Gasteiger partial charge is 0.118 e. The minimum atomic E-state index is -0.918. The van der Waals surface area contributed by atoms with Gasteiger partial charge in [-0.05, 0) is 30.0 Å². The van der Waals surface area contributed by atoms with Gasteiger partial charge >= 0.3 is 0 Å². The molecule has 0 fully saturated rings. The van der Waals surface area contributed by atoms with Crippen LogP contribution in [0.1, 0.15) is 5.56 Å². The molecule has 1 rings (SSSR count). The van der Waals surface area contributed by atoms with E-state index in [0.717, 1.165) is 15.6 Å². The van der Waals surface area contributed by atoms with Gasteiger partial charge in [-0.3, -0.25) is 4.21 Å². The highest BCUT2D eigenvalue weighted by atomic mass is 32.2. The van der Waals surface area contributed by atoms with Gasteiger partial charge in [-0.2, -0.15) is 0 Å². The van der Waals surface area contributed by atoms with Gasteiger partial charge < -0.3 is 4.74 Å². The van der Waals surface area contributed by atoms with Crippen LogP contribution in [0, 0.1) is 0 Å². The van der Waals surface area contributed by atoms with E-state index in [9.17, 15) is 4.21 Å². The number of methoxy groups -OCH3 is 1. The Morgan fingerprint density at radius 2 is 2.00 bits per heavy atom. The van der Waals surface area contributed by atoms with E-state index in [1.165, 1.54) is 11.8 Å². The molecule has 0 amide bonds. The lowest BCUT2D eigenvalue weighted by Crippen LogP contribution is -1.87. The number of thioether (sulfide) groups is 1. The second-order valence-corrected chi connectivity index (χ2v) is 5.35. The third kappa shape index (κ3) is 3.72. The highest BCUT2D eigenvalue weighted by Crippen LogP contribution is 2.20. The first kappa shape index (κ1) is 12.3. The Morgan fingerprint density at radius 3 is 2.40 bits per heavy atom. The topological polar surface area (TPSA) is 26.3 Å². The fourth-order valence-electron chi connectivity index (χ4n) is 1.10. The summed E-state index contributed by atoms with van der Waals surface area (Å²) in [4.78, 5) is 0. The molecule has 0 radical (unpaired) electrons. The van der Waals surface area contributed by atoms with Gasteiger partial charge in [0.25, 0.3) is 0 Å². The molecule has 1 aromatic carbocycles. The number of rotatable bonds is 4. The van der Waals surface area contributed by atoms with E-state index in [1.807, 2.05) is 36.6 Å². The third-order valence-corrected chi connectivity index (χ3v) is 4.29. The first-order valence-corrected chi connectivity index (χ1v) is 7.19. The molecule has 4 heteroatoms. The van der Waals surface area contributed by atoms with E-state index in [-0.39, 0.29) is 0 Å². The Bertz CT molecular complexity index is 369. The monoisotopic (exact) mass is 242 g/mol. The summed E-state index contributed by atoms with van der Waals surface area (Å²) < 4.78 is 17.2. The van der Waals surface area contributed by atoms with Crippen LogP contribution >= 0.6 is 11.8 Å². The molecule has 0 aliphatic rings. The van der Waals surface area contributed by atoms with Gasteiger partial charge in [0.2, 0.25) is 0 Å². The number of hydrogen-bond donors (Lipinski definition) is 0. The van der Waals surface area contributed by atoms with Crippen LogP contribution in [0.2, 0.25) is 0 Å². The van der Waals surface area contributed by atoms with Gasteiger partial charge in [0.1, 0.15) is 5.75 Å². The van der Waals surface area contributed by atoms with Crippen LogP contribution < -0.4 is 4.74 Å². The summed E-state index contributed by atoms with van der Waals surface area (Å²) in [6, 6.07) is 7.68. The van der Waals surface area contributed by atoms with Gasteiger partial charge in [0, 0.05) is 6.26 Å². The molecule has 2 nitrogen and oxygen atoms in total. The Balaban J connectivity index is 2.92. The van der Waals surface area contributed by atoms with Crippen molar-refractivity contribution in [3.8, 4) is 5.75 Å². The Kier molecular flexibility index (Phi) is 4.91. The van der Waals surface area contributed by atoms with Crippen LogP contribution in [0.25, 0.3) is 6.08 Å². The van der Waals surface area contributed by atoms with Crippen molar-refractivity contribution in [1.29, 1.82) is 0 Å². The van der Waals surface area contributed by atoms with Crippen molar-refractivity contribution in [2.75, 3.05) is 19.6 Å². The highest BCUT2D eigenvalue weighted by Gasteiger charge is 2.00. The summed E-state index contributed by atoms with van der Waals surface area (Å²) in [6.07, 6.45) is 5.54. The molecule has 0 saturated heterocycles. The van der Waals surface area contributed by atoms with Gasteiger partial charge in [-0.15, -0.1) is 11.8 Å². The molecule has 0 aromatic heterocycles. The number of benzene rings is 1. The molecule has 1 aromatic rings. The maximum atomic E-state index is 11.3. The average molecular weight is 242 g/mol. The maximum absolute atomic E-state index is 11.3. The zero-order valence-corrected chi connectivity index (χ0v) is 10.7. The summed E-state index contributed by atoms with van der Waals surface area (Å²) in [5.41, 5.74) is 1.04. The molecule has 0 heterocycles. The molecule has 82 valence electrons. The molecular weight excluding hydrogens is 228 g/mol. The summed E-state index contributed by atoms with van der Waals surface area (Å²) >= 11 is 1.51. The van der Waals surface area contributed by atoms with Crippen molar-refractivity contribution < 1.29 is 8.95 Å². The second kappa shape index (κ2) is 5.98. The minimum absolute atomic E-state index is 0.829. The maximum Gasteiger partial charge on any atom is 0.118 e. The highest BCUT2D eigenvalue weighted by molar-refractivity contribution is 8.16. The van der Waals surface area contributed by atoms with E-state index in [1.54, 1.807) is 13.4 Å². The minimum Gasteiger partial charge on any atom is -0.497 e. The Hall–Kier alpha value is -0.740. The molecule has 0 saturated carbocycles. The average Bonchev–Trinajstić information content (AvgIpc) is 2.26. The van der Waals surface area contributed by atoms with Gasteiger partial charge in [-0.1, -0.05) is 12.1 Å². The van der Waals surface area contributed by atoms with E-state index in [2.05, 4.69) is 0 Å². The molecule has 0 N–H and O–H groups in total. The second-order valence-electron chi connectivity index (χ2n) is 2.89. The van der Waals surface area contributed by atoms with Crippen LogP contribution in [-0.2, 0) is 10.8 Å². The van der Waals surface area contributed by atoms with E-state index in [0.29, 0.717) is 0 Å². The molecule has 0 aliphatic heterocycles. The standard InChI is InChI=1S/C11H14O2S2/c1-13-10-6-4-9(5-7-10)8-11(14-2)15(3)12/h4-8H,1-3H3/b11-8+/t15-/m0/s1. The van der Waals surface area contributed by atoms with Gasteiger partial charge in [-0.25, -0.2) is 0 Å². The summed E-state index contributed by atoms with van der Waals surface area (Å²) in [7, 11) is 0.720. The fraction of sp³-hybridized carbons (Fsp3) is 0.273. The molecule has 15 heavy (non-hydrogen) atoms. The van der Waals surface area contributed by atoms with Crippen LogP contribution in [0.4, 0.5) is 0 Å². The largest absolute Gasteiger partial charge is 0.497 e. The first-order valence-electron chi connectivity index (χ1n) is 4.40. The lowest BCUT2D eigenvalue weighted by Gasteiger charge is -2.01. The lowest BCUT2D eigenvalue weighted by molar-refractivity contribution is 0.415. The van der Waals surface area contributed by atoms with Crippen LogP contribution in [0.15, 0.2) is 28.5 Å². The van der Waals surface area contributed by atoms with Gasteiger partial charge in [0.15, 0.2) is 0 Å². The molecule has 0 spiro atoms. The Morgan fingerprint density at radius 1 is 1.40 bits per heavy atom. The van der Waals surface area contributed by atoms with E-state index >= 15 is 0 Å². The van der Waals surface area contributed by atoms with Crippen LogP contribution in [0.5, 0.6) is 5.75 Å². The molecule has 0 aliphatic carbocycles. The van der Waals surface area contributed by atoms with E-state index < -0.39 is 10.8 Å². The zero-order valence-electron chi connectivity index (χ0n) is 9.02. The SMILES string of the molecule is COc1ccc(/C=C(\SC)[S@](C)=O)cc1. The number of hydrogen-bond acceptors (Lipinski definition) is 3. The van der Waals surface area contributed by atoms with Crippen LogP contribution in [-0.4, -0.2) is 23.8 Å². The van der Waals surface area contributed by atoms with E-state index in [4.69, 9.17) is 4.74 Å². The summed E-state index contributed by atoms with van der Waals surface area (Å²) in [5.74, 6) is 0.829. The predicted molar refractivity (Wildman–Crippen MR) is 68.6 cm³/mol. The summed E-state index contributed by atoms with van der Waals surface area (Å²) in [5, 5.41) is 0. The quantitative estimate of drug-likeness (QED) is 0.812. The lowest BCUT2D eigenvalue weighted by atomic mass is 10.2. The van der Waals surface area contributed by atoms with Crippen LogP contribution in [0.3, 0.4) is 0 Å². The summed E-state index contributed by atoms with van der Waals surface area (Å²) in [6.45, 7) is 0. The van der Waals surface area contributed by atoms with Crippen molar-refractivity contribution in [2.45, 2.75) is 0 Å². The van der Waals surface area contributed by atoms with Crippen molar-refractivity contribution >= 4 is 28.6 Å². The number of ether oxygens (including phenoxy) is 1. The van der Waals surface area contributed by atoms with Crippen molar-refractivity contribution in [3.63, 3.8) is 0 Å². The molecule has 0 bridgehead atoms. The Labute approximate surface area is 97.2 Å². The zero-order chi connectivity index (χ0) is 11.3. The van der Waals surface area contributed by atoms with Crippen molar-refractivity contribution in [2.24, 2.45) is 0 Å². The first-order chi connectivity index (χ1) is 7.17. The predicted octanol–water partition coefficient (Wildman–Crippen LogP) is 2.74. The molecule has 1 atom stereocenters. The van der Waals surface area contributed by atoms with Crippen molar-refractivity contribution in [3.05, 3.63) is 34.1 Å². The third-order valence-electron chi connectivity index (χ3n) is 1.88. The van der Waals surface area contributed by atoms with Crippen molar-refractivity contribution in [1.82, 2.24) is 0 Å².